The van der Waals surface area contributed by atoms with E-state index in [-0.39, 0.29) is 0 Å². The van der Waals surface area contributed by atoms with Crippen molar-refractivity contribution in [2.75, 3.05) is 39.5 Å². The molecule has 0 spiro atoms. The molecule has 0 bridgehead atoms. The zero-order valence-electron chi connectivity index (χ0n) is 16.7. The van der Waals surface area contributed by atoms with Gasteiger partial charge in [0.05, 0.1) is 12.1 Å². The lowest BCUT2D eigenvalue weighted by Gasteiger charge is -2.13. The van der Waals surface area contributed by atoms with Crippen molar-refractivity contribution < 1.29 is 4.79 Å². The Hall–Kier alpha value is -2.90. The Morgan fingerprint density at radius 3 is 2.46 bits per heavy atom. The molecule has 0 aliphatic rings. The van der Waals surface area contributed by atoms with Gasteiger partial charge < -0.3 is 15.5 Å². The van der Waals surface area contributed by atoms with Gasteiger partial charge in [0, 0.05) is 18.1 Å². The number of para-hydroxylation sites is 1. The van der Waals surface area contributed by atoms with Crippen LogP contribution in [0.5, 0.6) is 0 Å². The van der Waals surface area contributed by atoms with Gasteiger partial charge in [-0.3, -0.25) is 9.78 Å². The Morgan fingerprint density at radius 1 is 1.04 bits per heavy atom. The molecule has 3 aromatic rings. The standard InChI is InChI=1S/C15H23N5.C6H5NO/c1-16-9-6-10-17-15-12-7-4-5-8-13(12)18-14(19-15)11-20(2)3;8-5-6-3-1-2-4-7-6/h4-5,7-8,16H,6,9-11H2,1-3H3,(H,17,18,19);1-5H. The molecule has 3 rings (SSSR count). The summed E-state index contributed by atoms with van der Waals surface area (Å²) in [5.74, 6) is 1.79. The Bertz CT molecular complexity index is 854. The van der Waals surface area contributed by atoms with Gasteiger partial charge in [0.1, 0.15) is 17.3 Å². The van der Waals surface area contributed by atoms with E-state index >= 15 is 0 Å². The van der Waals surface area contributed by atoms with Gasteiger partial charge in [0.2, 0.25) is 0 Å². The van der Waals surface area contributed by atoms with E-state index in [0.29, 0.717) is 5.69 Å². The average Bonchev–Trinajstić information content (AvgIpc) is 2.71. The maximum absolute atomic E-state index is 9.94. The third kappa shape index (κ3) is 7.02. The molecule has 7 nitrogen and oxygen atoms in total. The number of carbonyl (C=O) groups is 1. The normalized spacial score (nSPS) is 10.4. The minimum Gasteiger partial charge on any atom is -0.369 e. The predicted molar refractivity (Wildman–Crippen MR) is 114 cm³/mol. The number of hydrogen-bond acceptors (Lipinski definition) is 7. The van der Waals surface area contributed by atoms with Crippen LogP contribution < -0.4 is 10.6 Å². The van der Waals surface area contributed by atoms with E-state index in [1.165, 1.54) is 0 Å². The number of rotatable bonds is 8. The van der Waals surface area contributed by atoms with E-state index in [0.717, 1.165) is 54.9 Å². The molecule has 1 aromatic carbocycles. The van der Waals surface area contributed by atoms with Crippen LogP contribution in [0.1, 0.15) is 22.7 Å². The third-order valence-corrected chi connectivity index (χ3v) is 3.81. The Labute approximate surface area is 166 Å². The van der Waals surface area contributed by atoms with E-state index in [1.54, 1.807) is 24.4 Å². The zero-order valence-corrected chi connectivity index (χ0v) is 16.7. The largest absolute Gasteiger partial charge is 0.369 e. The summed E-state index contributed by atoms with van der Waals surface area (Å²) >= 11 is 0. The lowest BCUT2D eigenvalue weighted by atomic mass is 10.2. The number of pyridine rings is 1. The molecule has 0 radical (unpaired) electrons. The number of nitrogens with one attached hydrogen (secondary N) is 2. The first kappa shape index (κ1) is 21.4. The van der Waals surface area contributed by atoms with Gasteiger partial charge in [0.15, 0.2) is 6.29 Å². The fraction of sp³-hybridized carbons (Fsp3) is 0.333. The smallest absolute Gasteiger partial charge is 0.168 e. The first-order valence-corrected chi connectivity index (χ1v) is 9.29. The van der Waals surface area contributed by atoms with Crippen molar-refractivity contribution in [3.8, 4) is 0 Å². The predicted octanol–water partition coefficient (Wildman–Crippen LogP) is 2.61. The second kappa shape index (κ2) is 11.7. The van der Waals surface area contributed by atoms with Gasteiger partial charge in [0.25, 0.3) is 0 Å². The molecule has 7 heteroatoms. The maximum atomic E-state index is 9.94. The van der Waals surface area contributed by atoms with Gasteiger partial charge >= 0.3 is 0 Å². The summed E-state index contributed by atoms with van der Waals surface area (Å²) in [7, 11) is 6.02. The number of aldehydes is 1. The molecule has 0 aliphatic heterocycles. The molecule has 2 heterocycles. The van der Waals surface area contributed by atoms with Gasteiger partial charge in [-0.2, -0.15) is 0 Å². The molecule has 0 unspecified atom stereocenters. The molecule has 0 aliphatic carbocycles. The van der Waals surface area contributed by atoms with E-state index in [9.17, 15) is 4.79 Å². The fourth-order valence-corrected chi connectivity index (χ4v) is 2.53. The van der Waals surface area contributed by atoms with Gasteiger partial charge in [-0.05, 0) is 58.4 Å². The van der Waals surface area contributed by atoms with E-state index in [2.05, 4.69) is 36.6 Å². The molecule has 0 fully saturated rings. The minimum atomic E-state index is 0.479. The van der Waals surface area contributed by atoms with E-state index in [1.807, 2.05) is 39.3 Å². The van der Waals surface area contributed by atoms with Crippen molar-refractivity contribution in [1.82, 2.24) is 25.2 Å². The summed E-state index contributed by atoms with van der Waals surface area (Å²) in [6, 6.07) is 13.3. The van der Waals surface area contributed by atoms with Crippen LogP contribution in [-0.4, -0.2) is 60.4 Å². The first-order valence-electron chi connectivity index (χ1n) is 9.29. The molecule has 0 saturated heterocycles. The van der Waals surface area contributed by atoms with Crippen molar-refractivity contribution in [2.45, 2.75) is 13.0 Å². The Balaban J connectivity index is 0.000000292. The fourth-order valence-electron chi connectivity index (χ4n) is 2.53. The number of anilines is 1. The lowest BCUT2D eigenvalue weighted by molar-refractivity contribution is 0.111. The highest BCUT2D eigenvalue weighted by Gasteiger charge is 2.07. The van der Waals surface area contributed by atoms with Gasteiger partial charge in [-0.25, -0.2) is 9.97 Å². The summed E-state index contributed by atoms with van der Waals surface area (Å²) in [4.78, 5) is 25.0. The molecular formula is C21H28N6O. The van der Waals surface area contributed by atoms with E-state index < -0.39 is 0 Å². The monoisotopic (exact) mass is 380 g/mol. The second-order valence-electron chi connectivity index (χ2n) is 6.50. The topological polar surface area (TPSA) is 83.0 Å². The quantitative estimate of drug-likeness (QED) is 0.459. The molecule has 28 heavy (non-hydrogen) atoms. The second-order valence-corrected chi connectivity index (χ2v) is 6.50. The van der Waals surface area contributed by atoms with Crippen LogP contribution in [0.15, 0.2) is 48.7 Å². The van der Waals surface area contributed by atoms with Crippen molar-refractivity contribution in [1.29, 1.82) is 0 Å². The molecule has 0 atom stereocenters. The molecule has 2 aromatic heterocycles. The molecule has 2 N–H and O–H groups in total. The highest BCUT2D eigenvalue weighted by Crippen LogP contribution is 2.20. The summed E-state index contributed by atoms with van der Waals surface area (Å²) < 4.78 is 0. The Kier molecular flexibility index (Phi) is 8.97. The summed E-state index contributed by atoms with van der Waals surface area (Å²) in [5.41, 5.74) is 1.47. The number of fused-ring (bicyclic) bond motifs is 1. The lowest BCUT2D eigenvalue weighted by Crippen LogP contribution is -2.16. The Morgan fingerprint density at radius 2 is 1.82 bits per heavy atom. The highest BCUT2D eigenvalue weighted by atomic mass is 16.1. The highest BCUT2D eigenvalue weighted by molar-refractivity contribution is 5.88. The molecular weight excluding hydrogens is 352 g/mol. The maximum Gasteiger partial charge on any atom is 0.168 e. The van der Waals surface area contributed by atoms with Crippen LogP contribution in [-0.2, 0) is 6.54 Å². The number of carbonyl (C=O) groups excluding carboxylic acids is 1. The molecule has 148 valence electrons. The summed E-state index contributed by atoms with van der Waals surface area (Å²) in [6.45, 7) is 2.65. The van der Waals surface area contributed by atoms with Crippen molar-refractivity contribution in [3.63, 3.8) is 0 Å². The zero-order chi connectivity index (χ0) is 20.2. The number of aromatic nitrogens is 3. The van der Waals surface area contributed by atoms with Crippen LogP contribution >= 0.6 is 0 Å². The molecule has 0 amide bonds. The van der Waals surface area contributed by atoms with Crippen molar-refractivity contribution >= 4 is 23.0 Å². The minimum absolute atomic E-state index is 0.479. The van der Waals surface area contributed by atoms with Crippen molar-refractivity contribution in [3.05, 3.63) is 60.2 Å². The summed E-state index contributed by atoms with van der Waals surface area (Å²) in [6.07, 6.45) is 3.38. The van der Waals surface area contributed by atoms with Crippen LogP contribution in [0.3, 0.4) is 0 Å². The molecule has 0 saturated carbocycles. The van der Waals surface area contributed by atoms with Gasteiger partial charge in [-0.15, -0.1) is 0 Å². The van der Waals surface area contributed by atoms with Crippen LogP contribution in [0.4, 0.5) is 5.82 Å². The average molecular weight is 380 g/mol. The van der Waals surface area contributed by atoms with Crippen LogP contribution in [0, 0.1) is 0 Å². The third-order valence-electron chi connectivity index (χ3n) is 3.81. The van der Waals surface area contributed by atoms with Gasteiger partial charge in [-0.1, -0.05) is 18.2 Å². The van der Waals surface area contributed by atoms with Crippen LogP contribution in [0.2, 0.25) is 0 Å². The van der Waals surface area contributed by atoms with E-state index in [4.69, 9.17) is 0 Å². The number of hydrogen-bond donors (Lipinski definition) is 2. The number of nitrogens with zero attached hydrogens (tertiary/aromatic N) is 4. The summed E-state index contributed by atoms with van der Waals surface area (Å²) in [5, 5.41) is 7.66. The SMILES string of the molecule is CNCCCNc1nc(CN(C)C)nc2ccccc12.O=Cc1ccccn1. The van der Waals surface area contributed by atoms with Crippen molar-refractivity contribution in [2.24, 2.45) is 0 Å². The number of benzene rings is 1. The van der Waals surface area contributed by atoms with Crippen LogP contribution in [0.25, 0.3) is 10.9 Å². The first-order chi connectivity index (χ1) is 13.6.